The molecule has 0 aliphatic rings. The number of hydrogen-bond acceptors (Lipinski definition) is 3. The van der Waals surface area contributed by atoms with E-state index in [4.69, 9.17) is 9.47 Å². The molecule has 1 atom stereocenters. The Morgan fingerprint density at radius 2 is 1.88 bits per heavy atom. The molecule has 1 N–H and O–H groups in total. The minimum absolute atomic E-state index is 0.140. The van der Waals surface area contributed by atoms with Crippen molar-refractivity contribution in [1.29, 1.82) is 0 Å². The molecule has 0 heterocycles. The average Bonchev–Trinajstić information content (AvgIpc) is 2.57. The van der Waals surface area contributed by atoms with E-state index in [0.29, 0.717) is 19.8 Å². The van der Waals surface area contributed by atoms with Crippen LogP contribution < -0.4 is 10.1 Å². The van der Waals surface area contributed by atoms with Gasteiger partial charge in [0, 0.05) is 6.54 Å². The van der Waals surface area contributed by atoms with Gasteiger partial charge in [-0.3, -0.25) is 4.79 Å². The summed E-state index contributed by atoms with van der Waals surface area (Å²) in [6, 6.07) is 15.9. The number of carbonyl (C=O) groups excluding carboxylic acids is 1. The molecule has 1 amide bonds. The molecule has 0 saturated carbocycles. The molecule has 1 unspecified atom stereocenters. The Morgan fingerprint density at radius 1 is 1.12 bits per heavy atom. The third-order valence-corrected chi connectivity index (χ3v) is 3.66. The highest BCUT2D eigenvalue weighted by atomic mass is 16.5. The first-order chi connectivity index (χ1) is 11.6. The number of carbonyl (C=O) groups is 1. The maximum absolute atomic E-state index is 12.1. The summed E-state index contributed by atoms with van der Waals surface area (Å²) in [6.45, 7) is 7.24. The van der Waals surface area contributed by atoms with Crippen LogP contribution in [0, 0.1) is 13.8 Å². The van der Waals surface area contributed by atoms with E-state index in [2.05, 4.69) is 5.32 Å². The van der Waals surface area contributed by atoms with Gasteiger partial charge in [0.15, 0.2) is 6.10 Å². The van der Waals surface area contributed by atoms with Crippen molar-refractivity contribution in [3.8, 4) is 5.75 Å². The Labute approximate surface area is 143 Å². The summed E-state index contributed by atoms with van der Waals surface area (Å²) in [6.07, 6.45) is -0.541. The fourth-order valence-electron chi connectivity index (χ4n) is 2.33. The molecule has 0 aromatic heterocycles. The molecular formula is C20H25NO3. The molecule has 4 nitrogen and oxygen atoms in total. The molecule has 0 saturated heterocycles. The van der Waals surface area contributed by atoms with Gasteiger partial charge in [0.25, 0.3) is 5.91 Å². The molecule has 2 aromatic rings. The van der Waals surface area contributed by atoms with E-state index in [-0.39, 0.29) is 5.91 Å². The average molecular weight is 327 g/mol. The van der Waals surface area contributed by atoms with Gasteiger partial charge in [-0.15, -0.1) is 0 Å². The van der Waals surface area contributed by atoms with Crippen molar-refractivity contribution < 1.29 is 14.3 Å². The normalized spacial score (nSPS) is 11.8. The Balaban J connectivity index is 1.68. The number of ether oxygens (including phenoxy) is 2. The summed E-state index contributed by atoms with van der Waals surface area (Å²) >= 11 is 0. The van der Waals surface area contributed by atoms with Crippen LogP contribution in [0.15, 0.2) is 48.5 Å². The van der Waals surface area contributed by atoms with E-state index in [1.54, 1.807) is 6.92 Å². The summed E-state index contributed by atoms with van der Waals surface area (Å²) in [5.74, 6) is 0.599. The minimum atomic E-state index is -0.541. The molecule has 0 spiro atoms. The molecule has 0 radical (unpaired) electrons. The second-order valence-corrected chi connectivity index (χ2v) is 5.86. The number of nitrogens with one attached hydrogen (secondary N) is 1. The zero-order chi connectivity index (χ0) is 17.4. The lowest BCUT2D eigenvalue weighted by Crippen LogP contribution is -2.38. The SMILES string of the molecule is Cc1ccc(OC(C)C(=O)NCCOCc2ccccc2)c(C)c1. The Kier molecular flexibility index (Phi) is 6.82. The van der Waals surface area contributed by atoms with Crippen molar-refractivity contribution >= 4 is 5.91 Å². The first-order valence-electron chi connectivity index (χ1n) is 8.19. The highest BCUT2D eigenvalue weighted by molar-refractivity contribution is 5.80. The van der Waals surface area contributed by atoms with Crippen LogP contribution >= 0.6 is 0 Å². The highest BCUT2D eigenvalue weighted by Crippen LogP contribution is 2.20. The lowest BCUT2D eigenvalue weighted by molar-refractivity contribution is -0.127. The van der Waals surface area contributed by atoms with Gasteiger partial charge in [-0.25, -0.2) is 0 Å². The molecule has 2 aromatic carbocycles. The number of rotatable bonds is 8. The van der Waals surface area contributed by atoms with E-state index in [1.807, 2.05) is 62.4 Å². The van der Waals surface area contributed by atoms with E-state index in [9.17, 15) is 4.79 Å². The number of amides is 1. The molecule has 0 bridgehead atoms. The third-order valence-electron chi connectivity index (χ3n) is 3.66. The fourth-order valence-corrected chi connectivity index (χ4v) is 2.33. The van der Waals surface area contributed by atoms with Crippen LogP contribution in [0.1, 0.15) is 23.6 Å². The molecule has 4 heteroatoms. The van der Waals surface area contributed by atoms with Gasteiger partial charge < -0.3 is 14.8 Å². The summed E-state index contributed by atoms with van der Waals surface area (Å²) < 4.78 is 11.3. The highest BCUT2D eigenvalue weighted by Gasteiger charge is 2.15. The lowest BCUT2D eigenvalue weighted by atomic mass is 10.1. The van der Waals surface area contributed by atoms with E-state index < -0.39 is 6.10 Å². The van der Waals surface area contributed by atoms with Crippen LogP contribution in [0.3, 0.4) is 0 Å². The first-order valence-corrected chi connectivity index (χ1v) is 8.19. The summed E-state index contributed by atoms with van der Waals surface area (Å²) in [5.41, 5.74) is 3.32. The van der Waals surface area contributed by atoms with Crippen molar-refractivity contribution in [2.45, 2.75) is 33.5 Å². The van der Waals surface area contributed by atoms with E-state index >= 15 is 0 Å². The lowest BCUT2D eigenvalue weighted by Gasteiger charge is -2.16. The van der Waals surface area contributed by atoms with Crippen LogP contribution in [-0.2, 0) is 16.1 Å². The Morgan fingerprint density at radius 3 is 2.58 bits per heavy atom. The van der Waals surface area contributed by atoms with Crippen LogP contribution in [0.5, 0.6) is 5.75 Å². The van der Waals surface area contributed by atoms with Crippen LogP contribution in [-0.4, -0.2) is 25.2 Å². The molecular weight excluding hydrogens is 302 g/mol. The molecule has 2 rings (SSSR count). The van der Waals surface area contributed by atoms with Gasteiger partial charge in [0.1, 0.15) is 5.75 Å². The van der Waals surface area contributed by atoms with Gasteiger partial charge in [-0.1, -0.05) is 48.0 Å². The smallest absolute Gasteiger partial charge is 0.260 e. The number of hydrogen-bond donors (Lipinski definition) is 1. The largest absolute Gasteiger partial charge is 0.481 e. The predicted octanol–water partition coefficient (Wildman–Crippen LogP) is 3.40. The number of benzene rings is 2. The third kappa shape index (κ3) is 5.70. The van der Waals surface area contributed by atoms with Crippen LogP contribution in [0.2, 0.25) is 0 Å². The standard InChI is InChI=1S/C20H25NO3/c1-15-9-10-19(16(2)13-15)24-17(3)20(22)21-11-12-23-14-18-7-5-4-6-8-18/h4-10,13,17H,11-12,14H2,1-3H3,(H,21,22). The van der Waals surface area contributed by atoms with Crippen LogP contribution in [0.25, 0.3) is 0 Å². The Hall–Kier alpha value is -2.33. The van der Waals surface area contributed by atoms with Crippen molar-refractivity contribution in [2.75, 3.05) is 13.2 Å². The van der Waals surface area contributed by atoms with E-state index in [1.165, 1.54) is 5.56 Å². The molecule has 0 aliphatic heterocycles. The topological polar surface area (TPSA) is 47.6 Å². The zero-order valence-electron chi connectivity index (χ0n) is 14.5. The summed E-state index contributed by atoms with van der Waals surface area (Å²) in [5, 5.41) is 2.83. The zero-order valence-corrected chi connectivity index (χ0v) is 14.5. The van der Waals surface area contributed by atoms with Crippen molar-refractivity contribution in [2.24, 2.45) is 0 Å². The fraction of sp³-hybridized carbons (Fsp3) is 0.350. The minimum Gasteiger partial charge on any atom is -0.481 e. The first kappa shape index (κ1) is 18.0. The monoisotopic (exact) mass is 327 g/mol. The Bertz CT molecular complexity index is 655. The number of aryl methyl sites for hydroxylation is 2. The van der Waals surface area contributed by atoms with Crippen LogP contribution in [0.4, 0.5) is 0 Å². The maximum Gasteiger partial charge on any atom is 0.260 e. The summed E-state index contributed by atoms with van der Waals surface area (Å²) in [4.78, 5) is 12.1. The second-order valence-electron chi connectivity index (χ2n) is 5.86. The quantitative estimate of drug-likeness (QED) is 0.756. The molecule has 0 fully saturated rings. The maximum atomic E-state index is 12.1. The van der Waals surface area contributed by atoms with Gasteiger partial charge in [0.2, 0.25) is 0 Å². The second kappa shape index (κ2) is 9.08. The van der Waals surface area contributed by atoms with Crippen molar-refractivity contribution in [1.82, 2.24) is 5.32 Å². The van der Waals surface area contributed by atoms with Gasteiger partial charge in [-0.05, 0) is 38.0 Å². The van der Waals surface area contributed by atoms with Gasteiger partial charge >= 0.3 is 0 Å². The van der Waals surface area contributed by atoms with Crippen molar-refractivity contribution in [3.05, 3.63) is 65.2 Å². The van der Waals surface area contributed by atoms with Gasteiger partial charge in [0.05, 0.1) is 13.2 Å². The van der Waals surface area contributed by atoms with Crippen molar-refractivity contribution in [3.63, 3.8) is 0 Å². The predicted molar refractivity (Wildman–Crippen MR) is 95.1 cm³/mol. The molecule has 0 aliphatic carbocycles. The van der Waals surface area contributed by atoms with Gasteiger partial charge in [-0.2, -0.15) is 0 Å². The van der Waals surface area contributed by atoms with E-state index in [0.717, 1.165) is 16.9 Å². The molecule has 24 heavy (non-hydrogen) atoms. The molecule has 128 valence electrons. The summed E-state index contributed by atoms with van der Waals surface area (Å²) in [7, 11) is 0.